The van der Waals surface area contributed by atoms with Gasteiger partial charge in [-0.05, 0) is 18.2 Å². The number of carboxylic acids is 1. The highest BCUT2D eigenvalue weighted by Gasteiger charge is 2.15. The van der Waals surface area contributed by atoms with Crippen molar-refractivity contribution in [3.8, 4) is 5.75 Å². The Morgan fingerprint density at radius 1 is 1.44 bits per heavy atom. The molecular formula is C11H10N2O3. The Morgan fingerprint density at radius 2 is 2.19 bits per heavy atom. The van der Waals surface area contributed by atoms with Crippen LogP contribution in [-0.4, -0.2) is 23.2 Å². The molecule has 0 radical (unpaired) electrons. The lowest BCUT2D eigenvalue weighted by atomic mass is 10.1. The van der Waals surface area contributed by atoms with Crippen LogP contribution in [0.2, 0.25) is 0 Å². The Balaban J connectivity index is 2.93. The lowest BCUT2D eigenvalue weighted by molar-refractivity contribution is 0.0692. The van der Waals surface area contributed by atoms with Gasteiger partial charge in [0.1, 0.15) is 5.75 Å². The van der Waals surface area contributed by atoms with Gasteiger partial charge in [0, 0.05) is 17.3 Å². The SMILES string of the molecule is COc1ccc(N)c2ccnc(C(=O)O)c12. The van der Waals surface area contributed by atoms with E-state index in [1.807, 2.05) is 0 Å². The highest BCUT2D eigenvalue weighted by Crippen LogP contribution is 2.31. The predicted octanol–water partition coefficient (Wildman–Crippen LogP) is 1.52. The number of aromatic carboxylic acids is 1. The Kier molecular flexibility index (Phi) is 2.36. The number of carboxylic acid groups (broad SMARTS) is 1. The molecule has 3 N–H and O–H groups in total. The minimum absolute atomic E-state index is 0.0540. The number of rotatable bonds is 2. The number of nitrogen functional groups attached to an aromatic ring is 1. The van der Waals surface area contributed by atoms with Crippen molar-refractivity contribution in [2.45, 2.75) is 0 Å². The van der Waals surface area contributed by atoms with Crippen LogP contribution in [0.15, 0.2) is 24.4 Å². The lowest BCUT2D eigenvalue weighted by Crippen LogP contribution is -2.03. The topological polar surface area (TPSA) is 85.4 Å². The second-order valence-electron chi connectivity index (χ2n) is 3.24. The predicted molar refractivity (Wildman–Crippen MR) is 59.7 cm³/mol. The average Bonchev–Trinajstić information content (AvgIpc) is 2.29. The molecule has 16 heavy (non-hydrogen) atoms. The first kappa shape index (κ1) is 10.2. The first-order valence-corrected chi connectivity index (χ1v) is 4.59. The number of pyridine rings is 1. The molecule has 0 unspecified atom stereocenters. The number of anilines is 1. The van der Waals surface area contributed by atoms with E-state index in [0.717, 1.165) is 0 Å². The molecular weight excluding hydrogens is 208 g/mol. The number of benzene rings is 1. The largest absolute Gasteiger partial charge is 0.496 e. The van der Waals surface area contributed by atoms with E-state index in [4.69, 9.17) is 15.6 Å². The molecule has 0 saturated carbocycles. The molecule has 2 rings (SSSR count). The molecule has 0 spiro atoms. The number of fused-ring (bicyclic) bond motifs is 1. The third kappa shape index (κ3) is 1.42. The maximum absolute atomic E-state index is 11.0. The van der Waals surface area contributed by atoms with Crippen LogP contribution >= 0.6 is 0 Å². The second kappa shape index (κ2) is 3.69. The molecule has 0 saturated heterocycles. The maximum Gasteiger partial charge on any atom is 0.355 e. The molecule has 0 aliphatic rings. The zero-order valence-corrected chi connectivity index (χ0v) is 8.60. The Labute approximate surface area is 91.5 Å². The smallest absolute Gasteiger partial charge is 0.355 e. The summed E-state index contributed by atoms with van der Waals surface area (Å²) in [4.78, 5) is 14.9. The van der Waals surface area contributed by atoms with E-state index in [1.54, 1.807) is 18.2 Å². The van der Waals surface area contributed by atoms with Crippen LogP contribution in [0, 0.1) is 0 Å². The van der Waals surface area contributed by atoms with Gasteiger partial charge < -0.3 is 15.6 Å². The van der Waals surface area contributed by atoms with Crippen molar-refractivity contribution in [2.24, 2.45) is 0 Å². The fourth-order valence-electron chi connectivity index (χ4n) is 1.62. The minimum Gasteiger partial charge on any atom is -0.496 e. The van der Waals surface area contributed by atoms with Gasteiger partial charge in [0.15, 0.2) is 5.69 Å². The molecule has 0 amide bonds. The summed E-state index contributed by atoms with van der Waals surface area (Å²) in [6.07, 6.45) is 1.42. The highest BCUT2D eigenvalue weighted by molar-refractivity contribution is 6.08. The van der Waals surface area contributed by atoms with Crippen LogP contribution in [-0.2, 0) is 0 Å². The second-order valence-corrected chi connectivity index (χ2v) is 3.24. The van der Waals surface area contributed by atoms with Crippen LogP contribution < -0.4 is 10.5 Å². The van der Waals surface area contributed by atoms with E-state index >= 15 is 0 Å². The first-order valence-electron chi connectivity index (χ1n) is 4.59. The maximum atomic E-state index is 11.0. The summed E-state index contributed by atoms with van der Waals surface area (Å²) in [5.74, 6) is -0.649. The molecule has 1 aromatic carbocycles. The quantitative estimate of drug-likeness (QED) is 0.746. The summed E-state index contributed by atoms with van der Waals surface area (Å²) < 4.78 is 5.11. The van der Waals surface area contributed by atoms with E-state index in [0.29, 0.717) is 22.2 Å². The summed E-state index contributed by atoms with van der Waals surface area (Å²) in [7, 11) is 1.48. The number of hydrogen-bond donors (Lipinski definition) is 2. The van der Waals surface area contributed by atoms with Crippen molar-refractivity contribution in [2.75, 3.05) is 12.8 Å². The number of nitrogens with zero attached hydrogens (tertiary/aromatic N) is 1. The summed E-state index contributed by atoms with van der Waals surface area (Å²) in [5, 5.41) is 10.1. The van der Waals surface area contributed by atoms with Crippen molar-refractivity contribution in [1.29, 1.82) is 0 Å². The summed E-state index contributed by atoms with van der Waals surface area (Å²) in [6.45, 7) is 0. The van der Waals surface area contributed by atoms with Crippen LogP contribution in [0.1, 0.15) is 10.5 Å². The number of aromatic nitrogens is 1. The first-order chi connectivity index (χ1) is 7.65. The molecule has 5 heteroatoms. The fourth-order valence-corrected chi connectivity index (χ4v) is 1.62. The summed E-state index contributed by atoms with van der Waals surface area (Å²) >= 11 is 0. The van der Waals surface area contributed by atoms with Gasteiger partial charge in [-0.3, -0.25) is 0 Å². The van der Waals surface area contributed by atoms with Gasteiger partial charge in [-0.15, -0.1) is 0 Å². The van der Waals surface area contributed by atoms with Crippen LogP contribution in [0.3, 0.4) is 0 Å². The third-order valence-electron chi connectivity index (χ3n) is 2.35. The zero-order chi connectivity index (χ0) is 11.7. The lowest BCUT2D eigenvalue weighted by Gasteiger charge is -2.09. The molecule has 0 atom stereocenters. The van der Waals surface area contributed by atoms with Crippen LogP contribution in [0.5, 0.6) is 5.75 Å². The van der Waals surface area contributed by atoms with Crippen molar-refractivity contribution >= 4 is 22.4 Å². The van der Waals surface area contributed by atoms with E-state index in [9.17, 15) is 4.79 Å². The normalized spacial score (nSPS) is 10.3. The fraction of sp³-hybridized carbons (Fsp3) is 0.0909. The van der Waals surface area contributed by atoms with Crippen molar-refractivity contribution in [1.82, 2.24) is 4.98 Å². The van der Waals surface area contributed by atoms with Gasteiger partial charge in [0.2, 0.25) is 0 Å². The number of methoxy groups -OCH3 is 1. The molecule has 1 aromatic heterocycles. The number of nitrogens with two attached hydrogens (primary N) is 1. The molecule has 2 aromatic rings. The van der Waals surface area contributed by atoms with E-state index < -0.39 is 5.97 Å². The van der Waals surface area contributed by atoms with Gasteiger partial charge in [0.05, 0.1) is 12.5 Å². The van der Waals surface area contributed by atoms with Crippen molar-refractivity contribution in [3.63, 3.8) is 0 Å². The molecule has 0 fully saturated rings. The van der Waals surface area contributed by atoms with Crippen LogP contribution in [0.25, 0.3) is 10.8 Å². The monoisotopic (exact) mass is 218 g/mol. The summed E-state index contributed by atoms with van der Waals surface area (Å²) in [6, 6.07) is 4.97. The van der Waals surface area contributed by atoms with Crippen molar-refractivity contribution in [3.05, 3.63) is 30.1 Å². The number of hydrogen-bond acceptors (Lipinski definition) is 4. The van der Waals surface area contributed by atoms with Gasteiger partial charge in [-0.1, -0.05) is 0 Å². The molecule has 82 valence electrons. The molecule has 1 heterocycles. The van der Waals surface area contributed by atoms with Gasteiger partial charge >= 0.3 is 5.97 Å². The van der Waals surface area contributed by atoms with Crippen molar-refractivity contribution < 1.29 is 14.6 Å². The molecule has 0 aliphatic carbocycles. The summed E-state index contributed by atoms with van der Waals surface area (Å²) in [5.41, 5.74) is 6.22. The van der Waals surface area contributed by atoms with E-state index in [2.05, 4.69) is 4.98 Å². The standard InChI is InChI=1S/C11H10N2O3/c1-16-8-3-2-7(12)6-4-5-13-10(9(6)8)11(14)15/h2-5H,12H2,1H3,(H,14,15). The number of ether oxygens (including phenoxy) is 1. The Morgan fingerprint density at radius 3 is 2.81 bits per heavy atom. The third-order valence-corrected chi connectivity index (χ3v) is 2.35. The molecule has 5 nitrogen and oxygen atoms in total. The zero-order valence-electron chi connectivity index (χ0n) is 8.60. The Bertz CT molecular complexity index is 566. The molecule has 0 bridgehead atoms. The van der Waals surface area contributed by atoms with Gasteiger partial charge in [-0.25, -0.2) is 9.78 Å². The van der Waals surface area contributed by atoms with E-state index in [-0.39, 0.29) is 5.69 Å². The van der Waals surface area contributed by atoms with Gasteiger partial charge in [0.25, 0.3) is 0 Å². The average molecular weight is 218 g/mol. The number of carbonyl (C=O) groups is 1. The molecule has 0 aliphatic heterocycles. The minimum atomic E-state index is -1.10. The highest BCUT2D eigenvalue weighted by atomic mass is 16.5. The Hall–Kier alpha value is -2.30. The van der Waals surface area contributed by atoms with Gasteiger partial charge in [-0.2, -0.15) is 0 Å². The van der Waals surface area contributed by atoms with Crippen LogP contribution in [0.4, 0.5) is 5.69 Å². The van der Waals surface area contributed by atoms with E-state index in [1.165, 1.54) is 13.3 Å².